The molecular formula is C15H20FNO3. The third-order valence-corrected chi connectivity index (χ3v) is 3.57. The standard InChI is InChI=1S/C15H20FNO3/c1-15(19)6-8-17(9-7-15)14(18)5-10-20-13-4-2-3-12(16)11-13/h2-4,11,19H,5-10H2,1H3. The highest BCUT2D eigenvalue weighted by Crippen LogP contribution is 2.21. The number of hydrogen-bond acceptors (Lipinski definition) is 3. The van der Waals surface area contributed by atoms with Crippen molar-refractivity contribution in [3.63, 3.8) is 0 Å². The van der Waals surface area contributed by atoms with E-state index in [-0.39, 0.29) is 24.8 Å². The fourth-order valence-corrected chi connectivity index (χ4v) is 2.21. The Hall–Kier alpha value is -1.62. The van der Waals surface area contributed by atoms with Crippen molar-refractivity contribution < 1.29 is 19.0 Å². The Kier molecular flexibility index (Phi) is 4.60. The molecule has 2 rings (SSSR count). The number of amides is 1. The first-order chi connectivity index (χ1) is 9.46. The van der Waals surface area contributed by atoms with E-state index in [0.29, 0.717) is 31.7 Å². The third kappa shape index (κ3) is 4.20. The second-order valence-corrected chi connectivity index (χ2v) is 5.43. The lowest BCUT2D eigenvalue weighted by atomic mass is 9.94. The molecule has 110 valence electrons. The van der Waals surface area contributed by atoms with Gasteiger partial charge in [-0.15, -0.1) is 0 Å². The highest BCUT2D eigenvalue weighted by Gasteiger charge is 2.29. The molecule has 0 bridgehead atoms. The minimum Gasteiger partial charge on any atom is -0.493 e. The van der Waals surface area contributed by atoms with Gasteiger partial charge in [-0.25, -0.2) is 4.39 Å². The molecule has 20 heavy (non-hydrogen) atoms. The molecule has 0 spiro atoms. The Morgan fingerprint density at radius 1 is 1.45 bits per heavy atom. The number of halogens is 1. The number of rotatable bonds is 4. The molecular weight excluding hydrogens is 261 g/mol. The molecule has 1 heterocycles. The molecule has 1 fully saturated rings. The van der Waals surface area contributed by atoms with Gasteiger partial charge in [-0.1, -0.05) is 6.07 Å². The highest BCUT2D eigenvalue weighted by atomic mass is 19.1. The number of nitrogens with zero attached hydrogens (tertiary/aromatic N) is 1. The number of benzene rings is 1. The number of carbonyl (C=O) groups is 1. The number of carbonyl (C=O) groups excluding carboxylic acids is 1. The number of piperidine rings is 1. The summed E-state index contributed by atoms with van der Waals surface area (Å²) in [5.74, 6) is 0.0865. The smallest absolute Gasteiger partial charge is 0.226 e. The van der Waals surface area contributed by atoms with Gasteiger partial charge in [-0.2, -0.15) is 0 Å². The predicted octanol–water partition coefficient (Wildman–Crippen LogP) is 1.97. The number of aliphatic hydroxyl groups is 1. The first-order valence-electron chi connectivity index (χ1n) is 6.85. The van der Waals surface area contributed by atoms with Crippen LogP contribution in [-0.4, -0.2) is 41.2 Å². The average molecular weight is 281 g/mol. The van der Waals surface area contributed by atoms with Crippen molar-refractivity contribution in [1.29, 1.82) is 0 Å². The second-order valence-electron chi connectivity index (χ2n) is 5.43. The van der Waals surface area contributed by atoms with Gasteiger partial charge in [0.1, 0.15) is 11.6 Å². The van der Waals surface area contributed by atoms with E-state index in [1.54, 1.807) is 24.0 Å². The van der Waals surface area contributed by atoms with E-state index >= 15 is 0 Å². The zero-order valence-corrected chi connectivity index (χ0v) is 11.6. The van der Waals surface area contributed by atoms with Crippen molar-refractivity contribution >= 4 is 5.91 Å². The van der Waals surface area contributed by atoms with Crippen LogP contribution < -0.4 is 4.74 Å². The summed E-state index contributed by atoms with van der Waals surface area (Å²) in [5.41, 5.74) is -0.658. The van der Waals surface area contributed by atoms with Crippen LogP contribution in [0.1, 0.15) is 26.2 Å². The lowest BCUT2D eigenvalue weighted by molar-refractivity contribution is -0.135. The lowest BCUT2D eigenvalue weighted by Crippen LogP contribution is -2.45. The molecule has 0 aromatic heterocycles. The summed E-state index contributed by atoms with van der Waals surface area (Å²) in [6, 6.07) is 5.87. The van der Waals surface area contributed by atoms with Gasteiger partial charge in [0.05, 0.1) is 18.6 Å². The third-order valence-electron chi connectivity index (χ3n) is 3.57. The summed E-state index contributed by atoms with van der Waals surface area (Å²) in [5, 5.41) is 9.83. The van der Waals surface area contributed by atoms with Crippen LogP contribution >= 0.6 is 0 Å². The Balaban J connectivity index is 1.73. The maximum atomic E-state index is 12.9. The van der Waals surface area contributed by atoms with Gasteiger partial charge in [0, 0.05) is 19.2 Å². The zero-order valence-electron chi connectivity index (χ0n) is 11.6. The molecule has 0 saturated carbocycles. The first kappa shape index (κ1) is 14.8. The minimum atomic E-state index is -0.658. The van der Waals surface area contributed by atoms with E-state index in [0.717, 1.165) is 0 Å². The van der Waals surface area contributed by atoms with Crippen molar-refractivity contribution in [2.75, 3.05) is 19.7 Å². The van der Waals surface area contributed by atoms with Crippen LogP contribution in [0.2, 0.25) is 0 Å². The van der Waals surface area contributed by atoms with Gasteiger partial charge >= 0.3 is 0 Å². The zero-order chi connectivity index (χ0) is 14.6. The summed E-state index contributed by atoms with van der Waals surface area (Å²) in [6.07, 6.45) is 1.46. The fraction of sp³-hybridized carbons (Fsp3) is 0.533. The Bertz CT molecular complexity index is 466. The Morgan fingerprint density at radius 3 is 2.80 bits per heavy atom. The summed E-state index contributed by atoms with van der Waals surface area (Å²) >= 11 is 0. The molecule has 1 aromatic rings. The molecule has 0 atom stereocenters. The van der Waals surface area contributed by atoms with E-state index in [9.17, 15) is 14.3 Å². The molecule has 0 aliphatic carbocycles. The van der Waals surface area contributed by atoms with Crippen LogP contribution in [0.25, 0.3) is 0 Å². The molecule has 0 radical (unpaired) electrons. The normalized spacial score (nSPS) is 17.9. The second kappa shape index (κ2) is 6.22. The van der Waals surface area contributed by atoms with Gasteiger partial charge in [0.15, 0.2) is 0 Å². The summed E-state index contributed by atoms with van der Waals surface area (Å²) < 4.78 is 18.3. The van der Waals surface area contributed by atoms with Crippen LogP contribution in [0.5, 0.6) is 5.75 Å². The summed E-state index contributed by atoms with van der Waals surface area (Å²) in [7, 11) is 0. The average Bonchev–Trinajstić information content (AvgIpc) is 2.38. The molecule has 1 N–H and O–H groups in total. The quantitative estimate of drug-likeness (QED) is 0.918. The molecule has 1 aromatic carbocycles. The highest BCUT2D eigenvalue weighted by molar-refractivity contribution is 5.76. The molecule has 1 aliphatic heterocycles. The van der Waals surface area contributed by atoms with Crippen LogP contribution in [0, 0.1) is 5.82 Å². The monoisotopic (exact) mass is 281 g/mol. The molecule has 0 unspecified atom stereocenters. The fourth-order valence-electron chi connectivity index (χ4n) is 2.21. The van der Waals surface area contributed by atoms with E-state index in [1.165, 1.54) is 12.1 Å². The van der Waals surface area contributed by atoms with Crippen LogP contribution in [0.3, 0.4) is 0 Å². The summed E-state index contributed by atoms with van der Waals surface area (Å²) in [6.45, 7) is 3.18. The van der Waals surface area contributed by atoms with Crippen LogP contribution in [0.15, 0.2) is 24.3 Å². The Labute approximate surface area is 118 Å². The first-order valence-corrected chi connectivity index (χ1v) is 6.85. The number of hydrogen-bond donors (Lipinski definition) is 1. The topological polar surface area (TPSA) is 49.8 Å². The minimum absolute atomic E-state index is 0.0110. The largest absolute Gasteiger partial charge is 0.493 e. The van der Waals surface area contributed by atoms with Crippen molar-refractivity contribution in [2.24, 2.45) is 0 Å². The SMILES string of the molecule is CC1(O)CCN(C(=O)CCOc2cccc(F)c2)CC1. The van der Waals surface area contributed by atoms with Crippen LogP contribution in [-0.2, 0) is 4.79 Å². The van der Waals surface area contributed by atoms with Crippen molar-refractivity contribution in [3.8, 4) is 5.75 Å². The van der Waals surface area contributed by atoms with Crippen molar-refractivity contribution in [3.05, 3.63) is 30.1 Å². The number of ether oxygens (including phenoxy) is 1. The molecule has 1 aliphatic rings. The van der Waals surface area contributed by atoms with Crippen LogP contribution in [0.4, 0.5) is 4.39 Å². The summed E-state index contributed by atoms with van der Waals surface area (Å²) in [4.78, 5) is 13.7. The lowest BCUT2D eigenvalue weighted by Gasteiger charge is -2.35. The molecule has 4 nitrogen and oxygen atoms in total. The molecule has 1 amide bonds. The van der Waals surface area contributed by atoms with Gasteiger partial charge in [0.2, 0.25) is 5.91 Å². The maximum absolute atomic E-state index is 12.9. The van der Waals surface area contributed by atoms with Crippen molar-refractivity contribution in [2.45, 2.75) is 31.8 Å². The van der Waals surface area contributed by atoms with Gasteiger partial charge in [-0.3, -0.25) is 4.79 Å². The van der Waals surface area contributed by atoms with E-state index in [2.05, 4.69) is 0 Å². The van der Waals surface area contributed by atoms with Gasteiger partial charge in [0.25, 0.3) is 0 Å². The van der Waals surface area contributed by atoms with Gasteiger partial charge < -0.3 is 14.7 Å². The molecule has 1 saturated heterocycles. The number of likely N-dealkylation sites (tertiary alicyclic amines) is 1. The van der Waals surface area contributed by atoms with E-state index in [1.807, 2.05) is 0 Å². The Morgan fingerprint density at radius 2 is 2.15 bits per heavy atom. The maximum Gasteiger partial charge on any atom is 0.226 e. The van der Waals surface area contributed by atoms with Crippen molar-refractivity contribution in [1.82, 2.24) is 4.90 Å². The van der Waals surface area contributed by atoms with E-state index in [4.69, 9.17) is 4.74 Å². The predicted molar refractivity (Wildman–Crippen MR) is 72.9 cm³/mol. The molecule has 5 heteroatoms. The van der Waals surface area contributed by atoms with Gasteiger partial charge in [-0.05, 0) is 31.9 Å². The van der Waals surface area contributed by atoms with E-state index < -0.39 is 5.60 Å².